The number of benzene rings is 1. The zero-order valence-electron chi connectivity index (χ0n) is 7.09. The molecule has 1 aromatic carbocycles. The SMILES string of the molecule is NC(=O)C1(c2cccc(F)c2)CC1. The highest BCUT2D eigenvalue weighted by molar-refractivity contribution is 5.89. The second-order valence-corrected chi connectivity index (χ2v) is 3.46. The van der Waals surface area contributed by atoms with Gasteiger partial charge in [-0.2, -0.15) is 0 Å². The van der Waals surface area contributed by atoms with Gasteiger partial charge in [0.15, 0.2) is 0 Å². The summed E-state index contributed by atoms with van der Waals surface area (Å²) in [5, 5.41) is 0. The molecule has 1 amide bonds. The van der Waals surface area contributed by atoms with Crippen molar-refractivity contribution in [3.63, 3.8) is 0 Å². The Bertz CT molecular complexity index is 358. The minimum atomic E-state index is -0.567. The molecule has 0 unspecified atom stereocenters. The van der Waals surface area contributed by atoms with E-state index in [-0.39, 0.29) is 11.7 Å². The van der Waals surface area contributed by atoms with Gasteiger partial charge in [-0.25, -0.2) is 4.39 Å². The third-order valence-electron chi connectivity index (χ3n) is 2.60. The van der Waals surface area contributed by atoms with Gasteiger partial charge in [0, 0.05) is 0 Å². The molecule has 0 saturated heterocycles. The maximum absolute atomic E-state index is 12.8. The van der Waals surface area contributed by atoms with E-state index in [4.69, 9.17) is 5.73 Å². The van der Waals surface area contributed by atoms with E-state index in [9.17, 15) is 9.18 Å². The highest BCUT2D eigenvalue weighted by atomic mass is 19.1. The van der Waals surface area contributed by atoms with Gasteiger partial charge >= 0.3 is 0 Å². The fourth-order valence-electron chi connectivity index (χ4n) is 1.59. The second kappa shape index (κ2) is 2.55. The van der Waals surface area contributed by atoms with E-state index in [1.54, 1.807) is 12.1 Å². The number of halogens is 1. The Kier molecular flexibility index (Phi) is 1.62. The van der Waals surface area contributed by atoms with Gasteiger partial charge in [-0.05, 0) is 30.5 Å². The molecule has 0 aliphatic heterocycles. The molecule has 13 heavy (non-hydrogen) atoms. The average molecular weight is 179 g/mol. The molecule has 2 N–H and O–H groups in total. The predicted molar refractivity (Wildman–Crippen MR) is 46.5 cm³/mol. The van der Waals surface area contributed by atoms with Crippen LogP contribution < -0.4 is 5.73 Å². The van der Waals surface area contributed by atoms with Crippen LogP contribution in [0.5, 0.6) is 0 Å². The maximum Gasteiger partial charge on any atom is 0.228 e. The minimum absolute atomic E-state index is 0.315. The molecule has 1 aliphatic carbocycles. The van der Waals surface area contributed by atoms with Gasteiger partial charge in [0.2, 0.25) is 5.91 Å². The van der Waals surface area contributed by atoms with Crippen LogP contribution in [-0.4, -0.2) is 5.91 Å². The lowest BCUT2D eigenvalue weighted by atomic mass is 9.95. The molecule has 1 fully saturated rings. The van der Waals surface area contributed by atoms with E-state index in [2.05, 4.69) is 0 Å². The second-order valence-electron chi connectivity index (χ2n) is 3.46. The molecular formula is C10H10FNO. The van der Waals surface area contributed by atoms with Crippen LogP contribution in [0.4, 0.5) is 4.39 Å². The third-order valence-corrected chi connectivity index (χ3v) is 2.60. The molecule has 0 spiro atoms. The molecule has 1 aromatic rings. The number of carbonyl (C=O) groups is 1. The summed E-state index contributed by atoms with van der Waals surface area (Å²) in [6.07, 6.45) is 1.48. The molecule has 1 saturated carbocycles. The van der Waals surface area contributed by atoms with Gasteiger partial charge in [-0.3, -0.25) is 4.79 Å². The lowest BCUT2D eigenvalue weighted by Crippen LogP contribution is -2.28. The molecule has 0 bridgehead atoms. The molecule has 1 aliphatic rings. The summed E-state index contributed by atoms with van der Waals surface area (Å²) in [6, 6.07) is 6.10. The zero-order chi connectivity index (χ0) is 9.47. The van der Waals surface area contributed by atoms with Crippen molar-refractivity contribution in [3.05, 3.63) is 35.6 Å². The summed E-state index contributed by atoms with van der Waals surface area (Å²) >= 11 is 0. The molecule has 2 rings (SSSR count). The lowest BCUT2D eigenvalue weighted by Gasteiger charge is -2.10. The van der Waals surface area contributed by atoms with Crippen LogP contribution in [0.1, 0.15) is 18.4 Å². The van der Waals surface area contributed by atoms with Crippen LogP contribution in [0, 0.1) is 5.82 Å². The summed E-state index contributed by atoms with van der Waals surface area (Å²) in [4.78, 5) is 11.1. The molecule has 0 atom stereocenters. The number of nitrogens with two attached hydrogens (primary N) is 1. The van der Waals surface area contributed by atoms with E-state index >= 15 is 0 Å². The Morgan fingerprint density at radius 3 is 2.62 bits per heavy atom. The quantitative estimate of drug-likeness (QED) is 0.731. The summed E-state index contributed by atoms with van der Waals surface area (Å²) in [6.45, 7) is 0. The number of primary amides is 1. The standard InChI is InChI=1S/C10H10FNO/c11-8-3-1-2-7(6-8)10(4-5-10)9(12)13/h1-3,6H,4-5H2,(H2,12,13). The van der Waals surface area contributed by atoms with Gasteiger partial charge in [-0.15, -0.1) is 0 Å². The first kappa shape index (κ1) is 8.23. The highest BCUT2D eigenvalue weighted by Crippen LogP contribution is 2.47. The van der Waals surface area contributed by atoms with E-state index in [1.165, 1.54) is 12.1 Å². The van der Waals surface area contributed by atoms with Gasteiger partial charge < -0.3 is 5.73 Å². The summed E-state index contributed by atoms with van der Waals surface area (Å²) in [5.74, 6) is -0.664. The molecule has 0 radical (unpaired) electrons. The van der Waals surface area contributed by atoms with E-state index in [0.717, 1.165) is 12.8 Å². The van der Waals surface area contributed by atoms with Crippen LogP contribution in [-0.2, 0) is 10.2 Å². The monoisotopic (exact) mass is 179 g/mol. The number of hydrogen-bond donors (Lipinski definition) is 1. The van der Waals surface area contributed by atoms with Crippen molar-refractivity contribution in [2.75, 3.05) is 0 Å². The van der Waals surface area contributed by atoms with E-state index in [0.29, 0.717) is 5.56 Å². The maximum atomic E-state index is 12.8. The van der Waals surface area contributed by atoms with Crippen LogP contribution in [0.25, 0.3) is 0 Å². The molecular weight excluding hydrogens is 169 g/mol. The van der Waals surface area contributed by atoms with Crippen molar-refractivity contribution in [1.82, 2.24) is 0 Å². The molecule has 68 valence electrons. The first-order valence-corrected chi connectivity index (χ1v) is 4.21. The number of carbonyl (C=O) groups excluding carboxylic acids is 1. The van der Waals surface area contributed by atoms with Crippen molar-refractivity contribution >= 4 is 5.91 Å². The normalized spacial score (nSPS) is 18.2. The van der Waals surface area contributed by atoms with Crippen molar-refractivity contribution in [2.45, 2.75) is 18.3 Å². The van der Waals surface area contributed by atoms with Crippen LogP contribution in [0.3, 0.4) is 0 Å². The first-order valence-electron chi connectivity index (χ1n) is 4.21. The van der Waals surface area contributed by atoms with Gasteiger partial charge in [0.1, 0.15) is 5.82 Å². The fraction of sp³-hybridized carbons (Fsp3) is 0.300. The fourth-order valence-corrected chi connectivity index (χ4v) is 1.59. The first-order chi connectivity index (χ1) is 6.15. The summed E-state index contributed by atoms with van der Waals surface area (Å²) in [5.41, 5.74) is 5.39. The third kappa shape index (κ3) is 1.20. The molecule has 2 nitrogen and oxygen atoms in total. The number of amides is 1. The minimum Gasteiger partial charge on any atom is -0.369 e. The summed E-state index contributed by atoms with van der Waals surface area (Å²) in [7, 11) is 0. The van der Waals surface area contributed by atoms with E-state index in [1.807, 2.05) is 0 Å². The predicted octanol–water partition coefficient (Wildman–Crippen LogP) is 1.34. The lowest BCUT2D eigenvalue weighted by molar-refractivity contribution is -0.120. The Morgan fingerprint density at radius 2 is 2.15 bits per heavy atom. The van der Waals surface area contributed by atoms with Crippen molar-refractivity contribution in [2.24, 2.45) is 5.73 Å². The summed E-state index contributed by atoms with van der Waals surface area (Å²) < 4.78 is 12.8. The van der Waals surface area contributed by atoms with Crippen molar-refractivity contribution in [3.8, 4) is 0 Å². The van der Waals surface area contributed by atoms with Crippen molar-refractivity contribution < 1.29 is 9.18 Å². The number of rotatable bonds is 2. The van der Waals surface area contributed by atoms with Crippen LogP contribution in [0.15, 0.2) is 24.3 Å². The molecule has 3 heteroatoms. The van der Waals surface area contributed by atoms with Gasteiger partial charge in [0.25, 0.3) is 0 Å². The zero-order valence-corrected chi connectivity index (χ0v) is 7.09. The van der Waals surface area contributed by atoms with Crippen molar-refractivity contribution in [1.29, 1.82) is 0 Å². The highest BCUT2D eigenvalue weighted by Gasteiger charge is 2.49. The number of hydrogen-bond acceptors (Lipinski definition) is 1. The largest absolute Gasteiger partial charge is 0.369 e. The topological polar surface area (TPSA) is 43.1 Å². The average Bonchev–Trinajstić information content (AvgIpc) is 2.83. The van der Waals surface area contributed by atoms with E-state index < -0.39 is 5.41 Å². The smallest absolute Gasteiger partial charge is 0.228 e. The molecule has 0 heterocycles. The van der Waals surface area contributed by atoms with Gasteiger partial charge in [-0.1, -0.05) is 12.1 Å². The Balaban J connectivity index is 2.41. The van der Waals surface area contributed by atoms with Gasteiger partial charge in [0.05, 0.1) is 5.41 Å². The Hall–Kier alpha value is -1.38. The Labute approximate surface area is 75.6 Å². The van der Waals surface area contributed by atoms with Crippen LogP contribution in [0.2, 0.25) is 0 Å². The molecule has 0 aromatic heterocycles. The Morgan fingerprint density at radius 1 is 1.46 bits per heavy atom. The van der Waals surface area contributed by atoms with Crippen LogP contribution >= 0.6 is 0 Å².